The van der Waals surface area contributed by atoms with Gasteiger partial charge >= 0.3 is 6.03 Å². The van der Waals surface area contributed by atoms with Gasteiger partial charge in [-0.2, -0.15) is 0 Å². The molecule has 4 rings (SSSR count). The Balaban J connectivity index is 1.34. The SMILES string of the molecule is O=C(Nc1ccc(F)c(Cl)c1)N1CCN(c2cc(N3CCCCC3)ncn2)CC1. The third kappa shape index (κ3) is 4.70. The van der Waals surface area contributed by atoms with Gasteiger partial charge in [-0.1, -0.05) is 11.6 Å². The van der Waals surface area contributed by atoms with Crippen molar-refractivity contribution in [3.05, 3.63) is 41.4 Å². The van der Waals surface area contributed by atoms with Gasteiger partial charge in [0.15, 0.2) is 0 Å². The molecule has 1 aromatic heterocycles. The number of rotatable bonds is 3. The van der Waals surface area contributed by atoms with Gasteiger partial charge in [-0.15, -0.1) is 0 Å². The van der Waals surface area contributed by atoms with Crippen LogP contribution in [-0.2, 0) is 0 Å². The molecule has 0 bridgehead atoms. The second-order valence-electron chi connectivity index (χ2n) is 7.32. The van der Waals surface area contributed by atoms with Crippen LogP contribution in [0.15, 0.2) is 30.6 Å². The fourth-order valence-electron chi connectivity index (χ4n) is 3.72. The summed E-state index contributed by atoms with van der Waals surface area (Å²) in [6, 6.07) is 5.97. The number of hydrogen-bond acceptors (Lipinski definition) is 5. The van der Waals surface area contributed by atoms with Gasteiger partial charge in [0.25, 0.3) is 0 Å². The number of nitrogens with one attached hydrogen (secondary N) is 1. The largest absolute Gasteiger partial charge is 0.356 e. The summed E-state index contributed by atoms with van der Waals surface area (Å²) in [7, 11) is 0. The van der Waals surface area contributed by atoms with Gasteiger partial charge in [0.2, 0.25) is 0 Å². The Hall–Kier alpha value is -2.61. The number of urea groups is 1. The first-order valence-corrected chi connectivity index (χ1v) is 10.3. The normalized spacial score (nSPS) is 17.4. The second-order valence-corrected chi connectivity index (χ2v) is 7.72. The minimum atomic E-state index is -0.507. The summed E-state index contributed by atoms with van der Waals surface area (Å²) < 4.78 is 13.3. The molecule has 2 saturated heterocycles. The topological polar surface area (TPSA) is 64.6 Å². The number of nitrogens with zero attached hydrogens (tertiary/aromatic N) is 5. The third-order valence-corrected chi connectivity index (χ3v) is 5.67. The highest BCUT2D eigenvalue weighted by atomic mass is 35.5. The number of carbonyl (C=O) groups excluding carboxylic acids is 1. The molecular formula is C20H24ClFN6O. The van der Waals surface area contributed by atoms with Crippen molar-refractivity contribution in [1.82, 2.24) is 14.9 Å². The first-order valence-electron chi connectivity index (χ1n) is 9.93. The molecule has 2 fully saturated rings. The monoisotopic (exact) mass is 418 g/mol. The molecule has 2 aliphatic heterocycles. The van der Waals surface area contributed by atoms with Crippen molar-refractivity contribution in [3.8, 4) is 0 Å². The zero-order chi connectivity index (χ0) is 20.2. The summed E-state index contributed by atoms with van der Waals surface area (Å²) >= 11 is 5.78. The molecule has 1 aromatic carbocycles. The van der Waals surface area contributed by atoms with Crippen molar-refractivity contribution >= 4 is 35.0 Å². The molecule has 1 N–H and O–H groups in total. The van der Waals surface area contributed by atoms with E-state index in [1.54, 1.807) is 11.2 Å². The first kappa shape index (κ1) is 19.7. The van der Waals surface area contributed by atoms with Crippen LogP contribution >= 0.6 is 11.6 Å². The second kappa shape index (κ2) is 8.82. The summed E-state index contributed by atoms with van der Waals surface area (Å²) in [5, 5.41) is 2.76. The maximum Gasteiger partial charge on any atom is 0.321 e. The highest BCUT2D eigenvalue weighted by Gasteiger charge is 2.23. The van der Waals surface area contributed by atoms with E-state index < -0.39 is 5.82 Å². The molecule has 0 saturated carbocycles. The van der Waals surface area contributed by atoms with Crippen molar-refractivity contribution in [2.45, 2.75) is 19.3 Å². The predicted molar refractivity (Wildman–Crippen MR) is 112 cm³/mol. The highest BCUT2D eigenvalue weighted by molar-refractivity contribution is 6.31. The van der Waals surface area contributed by atoms with E-state index in [4.69, 9.17) is 11.6 Å². The Morgan fingerprint density at radius 1 is 0.931 bits per heavy atom. The van der Waals surface area contributed by atoms with Gasteiger partial charge in [-0.3, -0.25) is 0 Å². The van der Waals surface area contributed by atoms with Crippen LogP contribution in [0.5, 0.6) is 0 Å². The van der Waals surface area contributed by atoms with Crippen molar-refractivity contribution in [1.29, 1.82) is 0 Å². The van der Waals surface area contributed by atoms with Gasteiger partial charge in [0, 0.05) is 51.0 Å². The number of hydrogen-bond donors (Lipinski definition) is 1. The van der Waals surface area contributed by atoms with Crippen LogP contribution in [0.4, 0.5) is 26.5 Å². The molecule has 2 aromatic rings. The summed E-state index contributed by atoms with van der Waals surface area (Å²) in [6.07, 6.45) is 5.30. The number of benzene rings is 1. The average Bonchev–Trinajstić information content (AvgIpc) is 2.77. The molecule has 2 aliphatic rings. The Morgan fingerprint density at radius 2 is 1.59 bits per heavy atom. The molecule has 0 radical (unpaired) electrons. The van der Waals surface area contributed by atoms with Gasteiger partial charge in [-0.05, 0) is 37.5 Å². The standard InChI is InChI=1S/C20H24ClFN6O/c21-16-12-15(4-5-17(16)22)25-20(29)28-10-8-27(9-11-28)19-13-18(23-14-24-19)26-6-2-1-3-7-26/h4-5,12-14H,1-3,6-11H2,(H,25,29). The van der Waals surface area contributed by atoms with Gasteiger partial charge in [0.1, 0.15) is 23.8 Å². The zero-order valence-electron chi connectivity index (χ0n) is 16.2. The van der Waals surface area contributed by atoms with Crippen LogP contribution in [0, 0.1) is 5.82 Å². The molecule has 0 spiro atoms. The lowest BCUT2D eigenvalue weighted by Gasteiger charge is -2.36. The Morgan fingerprint density at radius 3 is 2.24 bits per heavy atom. The van der Waals surface area contributed by atoms with Crippen LogP contribution in [0.3, 0.4) is 0 Å². The summed E-state index contributed by atoms with van der Waals surface area (Å²) in [6.45, 7) is 4.60. The van der Waals surface area contributed by atoms with Crippen molar-refractivity contribution in [2.75, 3.05) is 54.4 Å². The summed E-state index contributed by atoms with van der Waals surface area (Å²) in [5.41, 5.74) is 0.478. The van der Waals surface area contributed by atoms with E-state index in [1.807, 2.05) is 6.07 Å². The quantitative estimate of drug-likeness (QED) is 0.824. The third-order valence-electron chi connectivity index (χ3n) is 5.38. The van der Waals surface area contributed by atoms with Crippen LogP contribution < -0.4 is 15.1 Å². The van der Waals surface area contributed by atoms with E-state index in [1.165, 1.54) is 37.5 Å². The smallest absolute Gasteiger partial charge is 0.321 e. The van der Waals surface area contributed by atoms with Gasteiger partial charge in [-0.25, -0.2) is 19.2 Å². The minimum Gasteiger partial charge on any atom is -0.356 e. The number of amides is 2. The van der Waals surface area contributed by atoms with E-state index in [9.17, 15) is 9.18 Å². The van der Waals surface area contributed by atoms with Crippen molar-refractivity contribution in [3.63, 3.8) is 0 Å². The number of anilines is 3. The lowest BCUT2D eigenvalue weighted by Crippen LogP contribution is -2.50. The van der Waals surface area contributed by atoms with Crippen LogP contribution in [-0.4, -0.2) is 60.2 Å². The van der Waals surface area contributed by atoms with Gasteiger partial charge in [0.05, 0.1) is 5.02 Å². The Kier molecular flexibility index (Phi) is 5.99. The summed E-state index contributed by atoms with van der Waals surface area (Å²) in [5.74, 6) is 1.36. The predicted octanol–water partition coefficient (Wildman–Crippen LogP) is 3.61. The fourth-order valence-corrected chi connectivity index (χ4v) is 3.90. The molecule has 2 amide bonds. The van der Waals surface area contributed by atoms with Crippen LogP contribution in [0.2, 0.25) is 5.02 Å². The highest BCUT2D eigenvalue weighted by Crippen LogP contribution is 2.23. The summed E-state index contributed by atoms with van der Waals surface area (Å²) in [4.78, 5) is 27.6. The first-order chi connectivity index (χ1) is 14.1. The average molecular weight is 419 g/mol. The maximum atomic E-state index is 13.3. The van der Waals surface area contributed by atoms with E-state index in [0.717, 1.165) is 24.7 Å². The molecule has 0 atom stereocenters. The molecule has 7 nitrogen and oxygen atoms in total. The number of aromatic nitrogens is 2. The minimum absolute atomic E-state index is 0.0131. The van der Waals surface area contributed by atoms with E-state index in [0.29, 0.717) is 31.9 Å². The molecule has 0 aliphatic carbocycles. The number of carbonyl (C=O) groups is 1. The van der Waals surface area contributed by atoms with E-state index in [2.05, 4.69) is 25.1 Å². The Bertz CT molecular complexity index is 868. The van der Waals surface area contributed by atoms with E-state index in [-0.39, 0.29) is 11.1 Å². The van der Waals surface area contributed by atoms with E-state index >= 15 is 0 Å². The fraction of sp³-hybridized carbons (Fsp3) is 0.450. The lowest BCUT2D eigenvalue weighted by molar-refractivity contribution is 0.208. The lowest BCUT2D eigenvalue weighted by atomic mass is 10.1. The number of piperidine rings is 1. The molecule has 154 valence electrons. The van der Waals surface area contributed by atoms with Crippen LogP contribution in [0.25, 0.3) is 0 Å². The number of piperazine rings is 1. The molecule has 3 heterocycles. The maximum absolute atomic E-state index is 13.3. The van der Waals surface area contributed by atoms with Crippen molar-refractivity contribution in [2.24, 2.45) is 0 Å². The Labute approximate surface area is 174 Å². The zero-order valence-corrected chi connectivity index (χ0v) is 16.9. The molecule has 29 heavy (non-hydrogen) atoms. The van der Waals surface area contributed by atoms with Crippen molar-refractivity contribution < 1.29 is 9.18 Å². The van der Waals surface area contributed by atoms with Gasteiger partial charge < -0.3 is 20.0 Å². The molecule has 0 unspecified atom stereocenters. The molecular weight excluding hydrogens is 395 g/mol. The van der Waals surface area contributed by atoms with Crippen LogP contribution in [0.1, 0.15) is 19.3 Å². The molecule has 9 heteroatoms. The number of halogens is 2.